The largest absolute Gasteiger partial charge is 1.00 e. The number of hydrogen-bond donors (Lipinski definition) is 2. The van der Waals surface area contributed by atoms with Gasteiger partial charge in [-0.3, -0.25) is 0 Å². The van der Waals surface area contributed by atoms with E-state index < -0.39 is 24.6 Å². The van der Waals surface area contributed by atoms with Crippen LogP contribution >= 0.6 is 0 Å². The van der Waals surface area contributed by atoms with Gasteiger partial charge < -0.3 is 24.7 Å². The Balaban J connectivity index is 0.00000320. The number of aliphatic hydroxyl groups excluding tert-OH is 2. The van der Waals surface area contributed by atoms with Crippen molar-refractivity contribution in [3.8, 4) is 11.1 Å². The topological polar surface area (TPSA) is 85.5 Å². The summed E-state index contributed by atoms with van der Waals surface area (Å²) in [4.78, 5) is 10.6. The maximum absolute atomic E-state index is 13.4. The predicted octanol–water partition coefficient (Wildman–Crippen LogP) is -0.264. The molecule has 0 aliphatic rings. The zero-order valence-electron chi connectivity index (χ0n) is 17.1. The molecule has 7 heteroatoms. The number of aryl methyl sites for hydroxylation is 1. The van der Waals surface area contributed by atoms with Gasteiger partial charge in [-0.05, 0) is 36.8 Å². The molecule has 0 spiro atoms. The minimum Gasteiger partial charge on any atom is -0.550 e. The van der Waals surface area contributed by atoms with Crippen molar-refractivity contribution in [3.05, 3.63) is 66.1 Å². The number of benzene rings is 2. The molecule has 0 radical (unpaired) electrons. The molecule has 0 fully saturated rings. The van der Waals surface area contributed by atoms with E-state index in [-0.39, 0.29) is 41.8 Å². The molecule has 0 bridgehead atoms. The van der Waals surface area contributed by atoms with Gasteiger partial charge in [0.1, 0.15) is 5.82 Å². The normalized spacial score (nSPS) is 13.3. The third-order valence-electron chi connectivity index (χ3n) is 4.85. The Hall–Kier alpha value is -1.96. The second-order valence-electron chi connectivity index (χ2n) is 6.92. The van der Waals surface area contributed by atoms with Crippen LogP contribution < -0.4 is 34.7 Å². The van der Waals surface area contributed by atoms with E-state index in [2.05, 4.69) is 4.57 Å². The molecule has 2 atom stereocenters. The molecule has 3 aromatic rings. The summed E-state index contributed by atoms with van der Waals surface area (Å²) in [5, 5.41) is 31.5. The number of carbonyl (C=O) groups excluding carboxylic acids is 1. The standard InChI is InChI=1S/C23H24FNO4.Na/c1-2-25-20-6-4-3-5-19(20)23(15-7-9-16(24)10-8-15)21(25)12-11-17(26)13-18(27)14-22(28)29;/h3-12,17-18,26-27H,2,13-14H2,1H3,(H,28,29);/q;+1/p-1/b12-11+;/t17-,18-;/m0./s1. The van der Waals surface area contributed by atoms with E-state index in [1.165, 1.54) is 18.2 Å². The predicted molar refractivity (Wildman–Crippen MR) is 108 cm³/mol. The molecule has 1 aromatic heterocycles. The van der Waals surface area contributed by atoms with E-state index in [0.29, 0.717) is 6.54 Å². The number of nitrogens with zero attached hydrogens (tertiary/aromatic N) is 1. The molecule has 0 saturated heterocycles. The number of rotatable bonds is 8. The van der Waals surface area contributed by atoms with Gasteiger partial charge in [-0.1, -0.05) is 36.4 Å². The molecule has 0 amide bonds. The van der Waals surface area contributed by atoms with Crippen LogP contribution in [0.5, 0.6) is 0 Å². The molecular formula is C23H23FNNaO4. The van der Waals surface area contributed by atoms with Gasteiger partial charge in [0.2, 0.25) is 0 Å². The molecule has 0 aliphatic carbocycles. The summed E-state index contributed by atoms with van der Waals surface area (Å²) in [6.07, 6.45) is 0.454. The number of aromatic nitrogens is 1. The molecule has 0 saturated carbocycles. The first-order valence-electron chi connectivity index (χ1n) is 9.52. The van der Waals surface area contributed by atoms with Crippen LogP contribution in [0, 0.1) is 5.82 Å². The fourth-order valence-electron chi connectivity index (χ4n) is 3.59. The fraction of sp³-hybridized carbons (Fsp3) is 0.261. The number of carboxylic acids is 1. The maximum atomic E-state index is 13.4. The molecule has 0 unspecified atom stereocenters. The first kappa shape index (κ1) is 24.3. The molecule has 2 N–H and O–H groups in total. The van der Waals surface area contributed by atoms with Gasteiger partial charge in [0.05, 0.1) is 12.2 Å². The summed E-state index contributed by atoms with van der Waals surface area (Å²) in [6, 6.07) is 14.1. The molecule has 5 nitrogen and oxygen atoms in total. The number of aliphatic hydroxyl groups is 2. The SMILES string of the molecule is CCn1c(/C=C/[C@H](O)C[C@H](O)CC(=O)[O-])c(-c2ccc(F)cc2)c2ccccc21.[Na+]. The Labute approximate surface area is 196 Å². The van der Waals surface area contributed by atoms with Crippen LogP contribution in [-0.2, 0) is 11.3 Å². The van der Waals surface area contributed by atoms with Gasteiger partial charge in [-0.2, -0.15) is 0 Å². The van der Waals surface area contributed by atoms with E-state index in [1.807, 2.05) is 31.2 Å². The summed E-state index contributed by atoms with van der Waals surface area (Å²) >= 11 is 0. The number of aliphatic carboxylic acids is 1. The Morgan fingerprint density at radius 1 is 1.17 bits per heavy atom. The maximum Gasteiger partial charge on any atom is 1.00 e. The average molecular weight is 419 g/mol. The van der Waals surface area contributed by atoms with E-state index in [1.54, 1.807) is 18.2 Å². The van der Waals surface area contributed by atoms with E-state index in [9.17, 15) is 24.5 Å². The second-order valence-corrected chi connectivity index (χ2v) is 6.92. The number of hydrogen-bond acceptors (Lipinski definition) is 4. The smallest absolute Gasteiger partial charge is 0.550 e. The molecule has 30 heavy (non-hydrogen) atoms. The number of carbonyl (C=O) groups is 1. The minimum atomic E-state index is -1.36. The van der Waals surface area contributed by atoms with Crippen molar-refractivity contribution in [3.63, 3.8) is 0 Å². The van der Waals surface area contributed by atoms with Crippen LogP contribution in [0.2, 0.25) is 0 Å². The van der Waals surface area contributed by atoms with Crippen molar-refractivity contribution in [2.24, 2.45) is 0 Å². The number of halogens is 1. The van der Waals surface area contributed by atoms with E-state index >= 15 is 0 Å². The Morgan fingerprint density at radius 3 is 2.47 bits per heavy atom. The van der Waals surface area contributed by atoms with Gasteiger partial charge in [-0.15, -0.1) is 0 Å². The number of para-hydroxylation sites is 1. The van der Waals surface area contributed by atoms with E-state index in [4.69, 9.17) is 0 Å². The van der Waals surface area contributed by atoms with Gasteiger partial charge in [-0.25, -0.2) is 4.39 Å². The Morgan fingerprint density at radius 2 is 1.83 bits per heavy atom. The van der Waals surface area contributed by atoms with Gasteiger partial charge in [0, 0.05) is 47.5 Å². The molecule has 3 rings (SSSR count). The molecule has 0 aliphatic heterocycles. The second kappa shape index (κ2) is 10.9. The third-order valence-corrected chi connectivity index (χ3v) is 4.85. The van der Waals surface area contributed by atoms with Crippen molar-refractivity contribution in [1.29, 1.82) is 0 Å². The first-order chi connectivity index (χ1) is 13.9. The van der Waals surface area contributed by atoms with Crippen molar-refractivity contribution in [1.82, 2.24) is 4.57 Å². The number of carboxylic acid groups (broad SMARTS) is 1. The van der Waals surface area contributed by atoms with Crippen molar-refractivity contribution in [2.45, 2.75) is 38.5 Å². The summed E-state index contributed by atoms with van der Waals surface area (Å²) in [5.41, 5.74) is 3.62. The zero-order chi connectivity index (χ0) is 21.0. The van der Waals surface area contributed by atoms with Crippen molar-refractivity contribution < 1.29 is 54.1 Å². The average Bonchev–Trinajstić information content (AvgIpc) is 2.99. The minimum absolute atomic E-state index is 0. The summed E-state index contributed by atoms with van der Waals surface area (Å²) in [7, 11) is 0. The monoisotopic (exact) mass is 419 g/mol. The molecular weight excluding hydrogens is 396 g/mol. The Bertz CT molecular complexity index is 1030. The van der Waals surface area contributed by atoms with E-state index in [0.717, 1.165) is 27.7 Å². The molecule has 2 aromatic carbocycles. The summed E-state index contributed by atoms with van der Waals surface area (Å²) in [5.74, 6) is -1.68. The Kier molecular flexibility index (Phi) is 8.82. The van der Waals surface area contributed by atoms with Crippen molar-refractivity contribution in [2.75, 3.05) is 0 Å². The van der Waals surface area contributed by atoms with Crippen molar-refractivity contribution >= 4 is 22.9 Å². The zero-order valence-corrected chi connectivity index (χ0v) is 19.1. The summed E-state index contributed by atoms with van der Waals surface area (Å²) in [6.45, 7) is 2.70. The van der Waals surface area contributed by atoms with Crippen LogP contribution in [0.15, 0.2) is 54.6 Å². The molecule has 152 valence electrons. The third kappa shape index (κ3) is 5.59. The quantitative estimate of drug-likeness (QED) is 0.493. The van der Waals surface area contributed by atoms with Gasteiger partial charge in [0.25, 0.3) is 0 Å². The first-order valence-corrected chi connectivity index (χ1v) is 9.52. The van der Waals surface area contributed by atoms with Gasteiger partial charge >= 0.3 is 29.6 Å². The van der Waals surface area contributed by atoms with Crippen LogP contribution in [0.4, 0.5) is 4.39 Å². The van der Waals surface area contributed by atoms with Crippen LogP contribution in [-0.4, -0.2) is 33.0 Å². The molecule has 1 heterocycles. The summed E-state index contributed by atoms with van der Waals surface area (Å²) < 4.78 is 15.5. The van der Waals surface area contributed by atoms with Crippen LogP contribution in [0.25, 0.3) is 28.1 Å². The van der Waals surface area contributed by atoms with Crippen LogP contribution in [0.1, 0.15) is 25.5 Å². The van der Waals surface area contributed by atoms with Gasteiger partial charge in [0.15, 0.2) is 0 Å². The van der Waals surface area contributed by atoms with Crippen LogP contribution in [0.3, 0.4) is 0 Å². The number of fused-ring (bicyclic) bond motifs is 1. The fourth-order valence-corrected chi connectivity index (χ4v) is 3.59.